The fraction of sp³-hybridized carbons (Fsp3) is 0.100. The van der Waals surface area contributed by atoms with Crippen molar-refractivity contribution in [3.05, 3.63) is 76.6 Å². The van der Waals surface area contributed by atoms with Crippen LogP contribution in [0.15, 0.2) is 65.5 Å². The van der Waals surface area contributed by atoms with Crippen molar-refractivity contribution in [3.8, 4) is 34.2 Å². The molecule has 118 valence electrons. The Labute approximate surface area is 140 Å². The first-order valence-electron chi connectivity index (χ1n) is 7.49. The summed E-state index contributed by atoms with van der Waals surface area (Å²) in [6, 6.07) is 20.9. The molecule has 0 radical (unpaired) electrons. The van der Waals surface area contributed by atoms with Gasteiger partial charge >= 0.3 is 0 Å². The maximum atomic E-state index is 12.6. The Kier molecular flexibility index (Phi) is 4.17. The quantitative estimate of drug-likeness (QED) is 0.742. The molecule has 3 aromatic rings. The largest absolute Gasteiger partial charge is 0.497 e. The molecule has 0 unspecified atom stereocenters. The van der Waals surface area contributed by atoms with Gasteiger partial charge in [-0.25, -0.2) is 0 Å². The molecule has 0 bridgehead atoms. The van der Waals surface area contributed by atoms with E-state index < -0.39 is 0 Å². The predicted molar refractivity (Wildman–Crippen MR) is 93.8 cm³/mol. The van der Waals surface area contributed by atoms with Crippen LogP contribution in [0.2, 0.25) is 0 Å². The summed E-state index contributed by atoms with van der Waals surface area (Å²) in [6.07, 6.45) is 0. The molecule has 0 amide bonds. The molecular weight excluding hydrogens is 300 g/mol. The Morgan fingerprint density at radius 1 is 1.00 bits per heavy atom. The molecule has 4 heteroatoms. The Morgan fingerprint density at radius 2 is 1.67 bits per heavy atom. The van der Waals surface area contributed by atoms with Gasteiger partial charge in [0.1, 0.15) is 17.4 Å². The molecular formula is C20H16N2O2. The number of aromatic nitrogens is 1. The van der Waals surface area contributed by atoms with Crippen LogP contribution in [0.25, 0.3) is 22.4 Å². The maximum absolute atomic E-state index is 12.6. The third kappa shape index (κ3) is 2.68. The summed E-state index contributed by atoms with van der Waals surface area (Å²) in [5, 5.41) is 9.46. The van der Waals surface area contributed by atoms with Gasteiger partial charge in [0.15, 0.2) is 0 Å². The van der Waals surface area contributed by atoms with Crippen LogP contribution >= 0.6 is 0 Å². The van der Waals surface area contributed by atoms with Crippen molar-refractivity contribution in [2.24, 2.45) is 7.05 Å². The van der Waals surface area contributed by atoms with Crippen molar-refractivity contribution < 1.29 is 4.74 Å². The van der Waals surface area contributed by atoms with E-state index in [1.807, 2.05) is 66.7 Å². The highest BCUT2D eigenvalue weighted by Crippen LogP contribution is 2.28. The fourth-order valence-electron chi connectivity index (χ4n) is 2.69. The van der Waals surface area contributed by atoms with E-state index in [0.717, 1.165) is 22.6 Å². The number of nitrogens with zero attached hydrogens (tertiary/aromatic N) is 2. The Morgan fingerprint density at radius 3 is 2.25 bits per heavy atom. The van der Waals surface area contributed by atoms with Crippen LogP contribution in [-0.4, -0.2) is 11.7 Å². The van der Waals surface area contributed by atoms with Crippen molar-refractivity contribution in [1.82, 2.24) is 4.57 Å². The molecule has 1 heterocycles. The standard InChI is InChI=1S/C20H16N2O2/c1-22-19(15-6-4-3-5-7-15)12-17(18(13-21)20(22)23)14-8-10-16(24-2)11-9-14/h3-12H,1-2H3. The van der Waals surface area contributed by atoms with Crippen molar-refractivity contribution >= 4 is 0 Å². The molecule has 0 aliphatic heterocycles. The topological polar surface area (TPSA) is 55.0 Å². The monoisotopic (exact) mass is 316 g/mol. The highest BCUT2D eigenvalue weighted by atomic mass is 16.5. The first-order chi connectivity index (χ1) is 11.7. The van der Waals surface area contributed by atoms with Crippen LogP contribution in [-0.2, 0) is 7.05 Å². The molecule has 0 fully saturated rings. The number of hydrogen-bond donors (Lipinski definition) is 0. The average molecular weight is 316 g/mol. The number of hydrogen-bond acceptors (Lipinski definition) is 3. The van der Waals surface area contributed by atoms with Crippen molar-refractivity contribution in [2.75, 3.05) is 7.11 Å². The highest BCUT2D eigenvalue weighted by Gasteiger charge is 2.15. The lowest BCUT2D eigenvalue weighted by molar-refractivity contribution is 0.415. The van der Waals surface area contributed by atoms with Gasteiger partial charge in [-0.05, 0) is 29.3 Å². The van der Waals surface area contributed by atoms with Crippen LogP contribution in [0.3, 0.4) is 0 Å². The third-order valence-corrected chi connectivity index (χ3v) is 4.01. The van der Waals surface area contributed by atoms with E-state index >= 15 is 0 Å². The number of methoxy groups -OCH3 is 1. The van der Waals surface area contributed by atoms with Gasteiger partial charge in [-0.3, -0.25) is 4.79 Å². The van der Waals surface area contributed by atoms with E-state index in [2.05, 4.69) is 0 Å². The van der Waals surface area contributed by atoms with Crippen LogP contribution in [0.4, 0.5) is 0 Å². The van der Waals surface area contributed by atoms with Crippen LogP contribution < -0.4 is 10.3 Å². The van der Waals surface area contributed by atoms with Crippen LogP contribution in [0.1, 0.15) is 5.56 Å². The minimum atomic E-state index is -0.301. The molecule has 1 aromatic heterocycles. The second kappa shape index (κ2) is 6.43. The molecule has 0 atom stereocenters. The molecule has 4 nitrogen and oxygen atoms in total. The van der Waals surface area contributed by atoms with E-state index in [9.17, 15) is 10.1 Å². The molecule has 0 aliphatic carbocycles. The normalized spacial score (nSPS) is 10.2. The molecule has 24 heavy (non-hydrogen) atoms. The summed E-state index contributed by atoms with van der Waals surface area (Å²) in [7, 11) is 3.28. The minimum absolute atomic E-state index is 0.141. The van der Waals surface area contributed by atoms with E-state index in [0.29, 0.717) is 5.56 Å². The molecule has 0 aliphatic rings. The van der Waals surface area contributed by atoms with Crippen LogP contribution in [0, 0.1) is 11.3 Å². The molecule has 0 spiro atoms. The zero-order chi connectivity index (χ0) is 17.1. The summed E-state index contributed by atoms with van der Waals surface area (Å²) in [6.45, 7) is 0. The average Bonchev–Trinajstić information content (AvgIpc) is 2.64. The Hall–Kier alpha value is -3.32. The second-order valence-electron chi connectivity index (χ2n) is 5.39. The highest BCUT2D eigenvalue weighted by molar-refractivity contribution is 5.75. The van der Waals surface area contributed by atoms with Gasteiger partial charge < -0.3 is 9.30 Å². The summed E-state index contributed by atoms with van der Waals surface area (Å²) in [5.74, 6) is 0.726. The van der Waals surface area contributed by atoms with Crippen molar-refractivity contribution in [2.45, 2.75) is 0 Å². The summed E-state index contributed by atoms with van der Waals surface area (Å²) in [5.41, 5.74) is 2.97. The van der Waals surface area contributed by atoms with Gasteiger partial charge in [0.05, 0.1) is 12.8 Å². The minimum Gasteiger partial charge on any atom is -0.497 e. The summed E-state index contributed by atoms with van der Waals surface area (Å²) in [4.78, 5) is 12.6. The molecule has 2 aromatic carbocycles. The lowest BCUT2D eigenvalue weighted by Crippen LogP contribution is -2.22. The number of benzene rings is 2. The van der Waals surface area contributed by atoms with E-state index in [1.54, 1.807) is 14.2 Å². The Bertz CT molecular complexity index is 966. The molecule has 0 N–H and O–H groups in total. The smallest absolute Gasteiger partial charge is 0.269 e. The number of nitriles is 1. The van der Waals surface area contributed by atoms with Crippen LogP contribution in [0.5, 0.6) is 5.75 Å². The predicted octanol–water partition coefficient (Wildman–Crippen LogP) is 3.60. The van der Waals surface area contributed by atoms with Gasteiger partial charge in [-0.1, -0.05) is 42.5 Å². The van der Waals surface area contributed by atoms with E-state index in [-0.39, 0.29) is 11.1 Å². The van der Waals surface area contributed by atoms with Gasteiger partial charge in [-0.2, -0.15) is 5.26 Å². The molecule has 0 saturated heterocycles. The summed E-state index contributed by atoms with van der Waals surface area (Å²) < 4.78 is 6.68. The van der Waals surface area contributed by atoms with Gasteiger partial charge in [0.2, 0.25) is 0 Å². The third-order valence-electron chi connectivity index (χ3n) is 4.01. The van der Waals surface area contributed by atoms with Gasteiger partial charge in [0, 0.05) is 12.6 Å². The Balaban J connectivity index is 2.27. The summed E-state index contributed by atoms with van der Waals surface area (Å²) >= 11 is 0. The second-order valence-corrected chi connectivity index (χ2v) is 5.39. The molecule has 3 rings (SSSR count). The molecule has 0 saturated carbocycles. The zero-order valence-corrected chi connectivity index (χ0v) is 13.5. The first-order valence-corrected chi connectivity index (χ1v) is 7.49. The zero-order valence-electron chi connectivity index (χ0n) is 13.5. The SMILES string of the molecule is COc1ccc(-c2cc(-c3ccccc3)n(C)c(=O)c2C#N)cc1. The van der Waals surface area contributed by atoms with Crippen molar-refractivity contribution in [1.29, 1.82) is 5.26 Å². The van der Waals surface area contributed by atoms with E-state index in [1.165, 1.54) is 4.57 Å². The fourth-order valence-corrected chi connectivity index (χ4v) is 2.69. The lowest BCUT2D eigenvalue weighted by Gasteiger charge is -2.13. The van der Waals surface area contributed by atoms with Crippen molar-refractivity contribution in [3.63, 3.8) is 0 Å². The van der Waals surface area contributed by atoms with Gasteiger partial charge in [0.25, 0.3) is 5.56 Å². The van der Waals surface area contributed by atoms with Gasteiger partial charge in [-0.15, -0.1) is 0 Å². The number of pyridine rings is 1. The first kappa shape index (κ1) is 15.6. The maximum Gasteiger partial charge on any atom is 0.269 e. The number of ether oxygens (including phenoxy) is 1. The number of rotatable bonds is 3. The lowest BCUT2D eigenvalue weighted by atomic mass is 9.98. The van der Waals surface area contributed by atoms with E-state index in [4.69, 9.17) is 4.74 Å².